The van der Waals surface area contributed by atoms with Crippen molar-refractivity contribution in [3.63, 3.8) is 0 Å². The fourth-order valence-corrected chi connectivity index (χ4v) is 3.33. The predicted molar refractivity (Wildman–Crippen MR) is 76.5 cm³/mol. The molecule has 20 heavy (non-hydrogen) atoms. The van der Waals surface area contributed by atoms with Crippen LogP contribution in [0.15, 0.2) is 0 Å². The summed E-state index contributed by atoms with van der Waals surface area (Å²) in [6.45, 7) is 8.42. The van der Waals surface area contributed by atoms with Gasteiger partial charge < -0.3 is 15.3 Å². The Morgan fingerprint density at radius 3 is 2.40 bits per heavy atom. The standard InChI is InChI=1S/C15H26N2O3/c1-14(2)8-5-9-17(11(14)12(18)19)13(20)16-15(3,4)10-6-7-10/h10-11H,5-9H2,1-4H3,(H,16,20)(H,18,19). The van der Waals surface area contributed by atoms with Crippen molar-refractivity contribution in [3.8, 4) is 0 Å². The van der Waals surface area contributed by atoms with E-state index in [4.69, 9.17) is 0 Å². The maximum absolute atomic E-state index is 12.5. The van der Waals surface area contributed by atoms with E-state index < -0.39 is 12.0 Å². The number of nitrogens with one attached hydrogen (secondary N) is 1. The van der Waals surface area contributed by atoms with Gasteiger partial charge in [0.1, 0.15) is 6.04 Å². The maximum Gasteiger partial charge on any atom is 0.327 e. The lowest BCUT2D eigenvalue weighted by atomic mass is 9.76. The normalized spacial score (nSPS) is 26.2. The van der Waals surface area contributed by atoms with Crippen LogP contribution in [0.5, 0.6) is 0 Å². The van der Waals surface area contributed by atoms with Gasteiger partial charge in [-0.25, -0.2) is 9.59 Å². The highest BCUT2D eigenvalue weighted by Crippen LogP contribution is 2.40. The summed E-state index contributed by atoms with van der Waals surface area (Å²) >= 11 is 0. The van der Waals surface area contributed by atoms with Crippen LogP contribution in [0, 0.1) is 11.3 Å². The Labute approximate surface area is 120 Å². The third kappa shape index (κ3) is 2.91. The number of piperidine rings is 1. The fraction of sp³-hybridized carbons (Fsp3) is 0.867. The zero-order valence-corrected chi connectivity index (χ0v) is 12.9. The number of rotatable bonds is 3. The molecular formula is C15H26N2O3. The van der Waals surface area contributed by atoms with E-state index in [2.05, 4.69) is 5.32 Å². The van der Waals surface area contributed by atoms with Crippen LogP contribution in [-0.4, -0.2) is 40.1 Å². The maximum atomic E-state index is 12.5. The second-order valence-electron chi connectivity index (χ2n) is 7.45. The summed E-state index contributed by atoms with van der Waals surface area (Å²) < 4.78 is 0. The molecule has 0 aromatic rings. The van der Waals surface area contributed by atoms with Crippen LogP contribution in [-0.2, 0) is 4.79 Å². The van der Waals surface area contributed by atoms with Gasteiger partial charge in [-0.2, -0.15) is 0 Å². The van der Waals surface area contributed by atoms with Crippen LogP contribution in [0.3, 0.4) is 0 Å². The second kappa shape index (κ2) is 4.93. The fourth-order valence-electron chi connectivity index (χ4n) is 3.33. The van der Waals surface area contributed by atoms with Gasteiger partial charge >= 0.3 is 12.0 Å². The molecule has 2 rings (SSSR count). The van der Waals surface area contributed by atoms with Crippen molar-refractivity contribution < 1.29 is 14.7 Å². The number of amides is 2. The molecule has 1 aliphatic heterocycles. The Kier molecular flexibility index (Phi) is 3.73. The van der Waals surface area contributed by atoms with E-state index >= 15 is 0 Å². The molecule has 1 saturated carbocycles. The van der Waals surface area contributed by atoms with E-state index in [9.17, 15) is 14.7 Å². The Morgan fingerprint density at radius 1 is 1.30 bits per heavy atom. The van der Waals surface area contributed by atoms with E-state index in [0.29, 0.717) is 12.5 Å². The van der Waals surface area contributed by atoms with E-state index in [1.807, 2.05) is 27.7 Å². The molecule has 0 aromatic carbocycles. The molecule has 0 radical (unpaired) electrons. The molecule has 2 fully saturated rings. The van der Waals surface area contributed by atoms with Gasteiger partial charge in [0.2, 0.25) is 0 Å². The van der Waals surface area contributed by atoms with Gasteiger partial charge in [0.05, 0.1) is 0 Å². The van der Waals surface area contributed by atoms with Crippen molar-refractivity contribution in [1.29, 1.82) is 0 Å². The molecule has 1 unspecified atom stereocenters. The smallest absolute Gasteiger partial charge is 0.327 e. The minimum Gasteiger partial charge on any atom is -0.480 e. The molecule has 5 nitrogen and oxygen atoms in total. The summed E-state index contributed by atoms with van der Waals surface area (Å²) in [6.07, 6.45) is 3.97. The number of carbonyl (C=O) groups is 2. The predicted octanol–water partition coefficient (Wildman–Crippen LogP) is 2.46. The topological polar surface area (TPSA) is 69.6 Å². The largest absolute Gasteiger partial charge is 0.480 e. The number of carboxylic acid groups (broad SMARTS) is 1. The average Bonchev–Trinajstić information content (AvgIpc) is 3.09. The highest BCUT2D eigenvalue weighted by atomic mass is 16.4. The quantitative estimate of drug-likeness (QED) is 0.835. The van der Waals surface area contributed by atoms with Crippen molar-refractivity contribution in [1.82, 2.24) is 10.2 Å². The molecule has 1 heterocycles. The van der Waals surface area contributed by atoms with Gasteiger partial charge in [-0.15, -0.1) is 0 Å². The lowest BCUT2D eigenvalue weighted by molar-refractivity contribution is -0.148. The van der Waals surface area contributed by atoms with Gasteiger partial charge in [0, 0.05) is 12.1 Å². The Balaban J connectivity index is 2.12. The molecule has 2 amide bonds. The number of carbonyl (C=O) groups excluding carboxylic acids is 1. The first kappa shape index (κ1) is 15.1. The number of nitrogens with zero attached hydrogens (tertiary/aromatic N) is 1. The third-order valence-electron chi connectivity index (χ3n) is 4.79. The van der Waals surface area contributed by atoms with Gasteiger partial charge in [0.15, 0.2) is 0 Å². The number of aliphatic carboxylic acids is 1. The summed E-state index contributed by atoms with van der Waals surface area (Å²) in [5.41, 5.74) is -0.632. The SMILES string of the molecule is CC1(C)CCCN(C(=O)NC(C)(C)C2CC2)C1C(=O)O. The molecule has 0 bridgehead atoms. The van der Waals surface area contributed by atoms with Crippen molar-refractivity contribution in [2.24, 2.45) is 11.3 Å². The highest BCUT2D eigenvalue weighted by molar-refractivity contribution is 5.84. The monoisotopic (exact) mass is 282 g/mol. The Morgan fingerprint density at radius 2 is 1.90 bits per heavy atom. The molecule has 114 valence electrons. The van der Waals surface area contributed by atoms with Crippen LogP contribution in [0.4, 0.5) is 4.79 Å². The lowest BCUT2D eigenvalue weighted by Gasteiger charge is -2.45. The van der Waals surface area contributed by atoms with Gasteiger partial charge in [-0.05, 0) is 50.9 Å². The second-order valence-corrected chi connectivity index (χ2v) is 7.45. The highest BCUT2D eigenvalue weighted by Gasteiger charge is 2.46. The molecule has 1 aliphatic carbocycles. The van der Waals surface area contributed by atoms with E-state index in [1.54, 1.807) is 0 Å². The van der Waals surface area contributed by atoms with Crippen LogP contribution in [0.1, 0.15) is 53.4 Å². The van der Waals surface area contributed by atoms with Crippen molar-refractivity contribution >= 4 is 12.0 Å². The molecule has 0 aromatic heterocycles. The first-order chi connectivity index (χ1) is 9.15. The van der Waals surface area contributed by atoms with Crippen LogP contribution < -0.4 is 5.32 Å². The number of hydrogen-bond acceptors (Lipinski definition) is 2. The molecule has 1 atom stereocenters. The third-order valence-corrected chi connectivity index (χ3v) is 4.79. The minimum absolute atomic E-state index is 0.234. The molecule has 2 N–H and O–H groups in total. The van der Waals surface area contributed by atoms with E-state index in [0.717, 1.165) is 25.7 Å². The number of urea groups is 1. The molecule has 0 spiro atoms. The van der Waals surface area contributed by atoms with Crippen molar-refractivity contribution in [2.45, 2.75) is 65.0 Å². The molecule has 5 heteroatoms. The van der Waals surface area contributed by atoms with Crippen LogP contribution >= 0.6 is 0 Å². The molecule has 1 saturated heterocycles. The van der Waals surface area contributed by atoms with Gasteiger partial charge in [-0.3, -0.25) is 0 Å². The zero-order chi connectivity index (χ0) is 15.1. The van der Waals surface area contributed by atoms with E-state index in [1.165, 1.54) is 4.90 Å². The summed E-state index contributed by atoms with van der Waals surface area (Å²) in [6, 6.07) is -0.978. The number of likely N-dealkylation sites (tertiary alicyclic amines) is 1. The van der Waals surface area contributed by atoms with E-state index in [-0.39, 0.29) is 17.0 Å². The first-order valence-electron chi connectivity index (χ1n) is 7.47. The van der Waals surface area contributed by atoms with Crippen molar-refractivity contribution in [3.05, 3.63) is 0 Å². The lowest BCUT2D eigenvalue weighted by Crippen LogP contribution is -2.61. The summed E-state index contributed by atoms with van der Waals surface area (Å²) in [4.78, 5) is 25.6. The van der Waals surface area contributed by atoms with Gasteiger partial charge in [0.25, 0.3) is 0 Å². The van der Waals surface area contributed by atoms with Crippen LogP contribution in [0.25, 0.3) is 0 Å². The van der Waals surface area contributed by atoms with Crippen molar-refractivity contribution in [2.75, 3.05) is 6.54 Å². The first-order valence-corrected chi connectivity index (χ1v) is 7.47. The Hall–Kier alpha value is -1.26. The minimum atomic E-state index is -0.908. The summed E-state index contributed by atoms with van der Waals surface area (Å²) in [5, 5.41) is 12.5. The van der Waals surface area contributed by atoms with Crippen LogP contribution in [0.2, 0.25) is 0 Å². The van der Waals surface area contributed by atoms with Gasteiger partial charge in [-0.1, -0.05) is 13.8 Å². The summed E-state index contributed by atoms with van der Waals surface area (Å²) in [5.74, 6) is -0.387. The Bertz CT molecular complexity index is 413. The molecule has 2 aliphatic rings. The zero-order valence-electron chi connectivity index (χ0n) is 12.9. The molecular weight excluding hydrogens is 256 g/mol. The number of hydrogen-bond donors (Lipinski definition) is 2. The summed E-state index contributed by atoms with van der Waals surface area (Å²) in [7, 11) is 0. The average molecular weight is 282 g/mol. The number of carboxylic acids is 1.